The van der Waals surface area contributed by atoms with Crippen molar-refractivity contribution in [2.45, 2.75) is 18.6 Å². The van der Waals surface area contributed by atoms with Crippen LogP contribution in [0.2, 0.25) is 0 Å². The van der Waals surface area contributed by atoms with E-state index in [4.69, 9.17) is 5.11 Å². The van der Waals surface area contributed by atoms with E-state index in [9.17, 15) is 14.7 Å². The van der Waals surface area contributed by atoms with Crippen LogP contribution in [0.1, 0.15) is 6.42 Å². The normalized spacial score (nSPS) is 13.8. The molecule has 0 saturated carbocycles. The lowest BCUT2D eigenvalue weighted by molar-refractivity contribution is -0.143. The molecule has 3 N–H and O–H groups in total. The van der Waals surface area contributed by atoms with Crippen molar-refractivity contribution in [3.8, 4) is 0 Å². The number of carboxylic acids is 1. The second-order valence-corrected chi connectivity index (χ2v) is 2.70. The van der Waals surface area contributed by atoms with Crippen LogP contribution < -0.4 is 5.32 Å². The van der Waals surface area contributed by atoms with E-state index < -0.39 is 18.1 Å². The number of carboxylic acid groups (broad SMARTS) is 1. The van der Waals surface area contributed by atoms with Crippen LogP contribution in [0.25, 0.3) is 0 Å². The van der Waals surface area contributed by atoms with E-state index in [1.807, 2.05) is 5.32 Å². The maximum atomic E-state index is 10.6. The van der Waals surface area contributed by atoms with Gasteiger partial charge in [-0.1, -0.05) is 12.7 Å². The van der Waals surface area contributed by atoms with E-state index in [2.05, 4.69) is 13.2 Å². The van der Waals surface area contributed by atoms with Crippen LogP contribution in [0, 0.1) is 0 Å². The number of nitrogens with one attached hydrogen (secondary N) is 1. The van der Waals surface area contributed by atoms with Crippen LogP contribution in [-0.2, 0) is 9.59 Å². The van der Waals surface area contributed by atoms with Gasteiger partial charge in [-0.3, -0.25) is 4.79 Å². The first-order chi connectivity index (χ1) is 6.54. The Labute approximate surface area is 81.7 Å². The summed E-state index contributed by atoms with van der Waals surface area (Å²) in [5.41, 5.74) is 0.293. The van der Waals surface area contributed by atoms with E-state index >= 15 is 0 Å². The van der Waals surface area contributed by atoms with Gasteiger partial charge in [0.05, 0.1) is 0 Å². The maximum absolute atomic E-state index is 10.6. The molecule has 0 bridgehead atoms. The van der Waals surface area contributed by atoms with Crippen molar-refractivity contribution in [3.05, 3.63) is 24.8 Å². The van der Waals surface area contributed by atoms with Gasteiger partial charge in [-0.15, -0.1) is 6.58 Å². The molecule has 0 aliphatic carbocycles. The predicted octanol–water partition coefficient (Wildman–Crippen LogP) is -0.321. The van der Waals surface area contributed by atoms with E-state index in [1.54, 1.807) is 0 Å². The monoisotopic (exact) mass is 199 g/mol. The number of carbonyl (C=O) groups is 2. The highest BCUT2D eigenvalue weighted by Gasteiger charge is 2.27. The van der Waals surface area contributed by atoms with E-state index in [0.717, 1.165) is 0 Å². The number of aliphatic carboxylic acids is 1. The molecule has 14 heavy (non-hydrogen) atoms. The Balaban J connectivity index is 4.48. The molecule has 0 aromatic rings. The highest BCUT2D eigenvalue weighted by atomic mass is 16.4. The lowest BCUT2D eigenvalue weighted by atomic mass is 10.0. The zero-order valence-corrected chi connectivity index (χ0v) is 7.64. The van der Waals surface area contributed by atoms with Crippen molar-refractivity contribution in [2.75, 3.05) is 0 Å². The number of rotatable bonds is 7. The van der Waals surface area contributed by atoms with Crippen molar-refractivity contribution in [1.82, 2.24) is 5.32 Å². The lowest BCUT2D eigenvalue weighted by Gasteiger charge is -2.19. The molecule has 0 aliphatic heterocycles. The lowest BCUT2D eigenvalue weighted by Crippen LogP contribution is -2.46. The van der Waals surface area contributed by atoms with Crippen LogP contribution >= 0.6 is 0 Å². The van der Waals surface area contributed by atoms with E-state index in [-0.39, 0.29) is 6.41 Å². The SMILES string of the molecule is C=CCC(=C)C(O)C(NC=O)C(=O)O. The summed E-state index contributed by atoms with van der Waals surface area (Å²) in [6.07, 6.45) is 0.704. The summed E-state index contributed by atoms with van der Waals surface area (Å²) in [6, 6.07) is -1.36. The molecule has 0 radical (unpaired) electrons. The van der Waals surface area contributed by atoms with Crippen LogP contribution in [0.3, 0.4) is 0 Å². The van der Waals surface area contributed by atoms with Gasteiger partial charge >= 0.3 is 5.97 Å². The Morgan fingerprint density at radius 3 is 2.50 bits per heavy atom. The number of hydrogen-bond donors (Lipinski definition) is 3. The van der Waals surface area contributed by atoms with E-state index in [0.29, 0.717) is 12.0 Å². The number of carbonyl (C=O) groups excluding carboxylic acids is 1. The fourth-order valence-corrected chi connectivity index (χ4v) is 0.913. The minimum absolute atomic E-state index is 0.225. The van der Waals surface area contributed by atoms with Gasteiger partial charge in [-0.05, 0) is 12.0 Å². The largest absolute Gasteiger partial charge is 0.480 e. The van der Waals surface area contributed by atoms with Crippen molar-refractivity contribution in [3.63, 3.8) is 0 Å². The fraction of sp³-hybridized carbons (Fsp3) is 0.333. The molecular weight excluding hydrogens is 186 g/mol. The summed E-state index contributed by atoms with van der Waals surface area (Å²) >= 11 is 0. The summed E-state index contributed by atoms with van der Waals surface area (Å²) in [7, 11) is 0. The molecule has 5 heteroatoms. The zero-order valence-electron chi connectivity index (χ0n) is 7.64. The number of hydrogen-bond acceptors (Lipinski definition) is 3. The van der Waals surface area contributed by atoms with Gasteiger partial charge in [0.1, 0.15) is 6.10 Å². The summed E-state index contributed by atoms with van der Waals surface area (Å²) in [6.45, 7) is 6.91. The maximum Gasteiger partial charge on any atom is 0.329 e. The first kappa shape index (κ1) is 12.4. The van der Waals surface area contributed by atoms with Crippen LogP contribution in [0.15, 0.2) is 24.8 Å². The molecule has 0 heterocycles. The summed E-state index contributed by atoms with van der Waals surface area (Å²) in [4.78, 5) is 20.7. The molecule has 78 valence electrons. The molecule has 0 fully saturated rings. The quantitative estimate of drug-likeness (QED) is 0.387. The third-order valence-corrected chi connectivity index (χ3v) is 1.65. The molecule has 5 nitrogen and oxygen atoms in total. The van der Waals surface area contributed by atoms with Crippen molar-refractivity contribution >= 4 is 12.4 Å². The molecule has 1 amide bonds. The number of amides is 1. The molecule has 0 rings (SSSR count). The zero-order chi connectivity index (χ0) is 11.1. The number of aliphatic hydroxyl groups excluding tert-OH is 1. The molecule has 2 unspecified atom stereocenters. The third kappa shape index (κ3) is 3.40. The number of allylic oxidation sites excluding steroid dienone is 1. The van der Waals surface area contributed by atoms with Gasteiger partial charge in [0.2, 0.25) is 6.41 Å². The first-order valence-electron chi connectivity index (χ1n) is 3.93. The van der Waals surface area contributed by atoms with Gasteiger partial charge < -0.3 is 15.5 Å². The smallest absolute Gasteiger partial charge is 0.329 e. The highest BCUT2D eigenvalue weighted by Crippen LogP contribution is 2.09. The Bertz CT molecular complexity index is 249. The van der Waals surface area contributed by atoms with Crippen LogP contribution in [-0.4, -0.2) is 34.7 Å². The predicted molar refractivity (Wildman–Crippen MR) is 50.6 cm³/mol. The molecule has 0 saturated heterocycles. The topological polar surface area (TPSA) is 86.6 Å². The Morgan fingerprint density at radius 2 is 2.14 bits per heavy atom. The summed E-state index contributed by atoms with van der Waals surface area (Å²) in [5.74, 6) is -1.31. The van der Waals surface area contributed by atoms with Crippen molar-refractivity contribution in [1.29, 1.82) is 0 Å². The summed E-state index contributed by atoms with van der Waals surface area (Å²) in [5, 5.41) is 20.1. The van der Waals surface area contributed by atoms with Crippen molar-refractivity contribution in [2.24, 2.45) is 0 Å². The molecular formula is C9H13NO4. The minimum Gasteiger partial charge on any atom is -0.480 e. The molecule has 0 aromatic carbocycles. The van der Waals surface area contributed by atoms with Crippen LogP contribution in [0.4, 0.5) is 0 Å². The fourth-order valence-electron chi connectivity index (χ4n) is 0.913. The highest BCUT2D eigenvalue weighted by molar-refractivity contribution is 5.77. The van der Waals surface area contributed by atoms with Gasteiger partial charge in [0, 0.05) is 0 Å². The second kappa shape index (κ2) is 5.93. The van der Waals surface area contributed by atoms with E-state index in [1.165, 1.54) is 6.08 Å². The van der Waals surface area contributed by atoms with Gasteiger partial charge in [-0.25, -0.2) is 4.79 Å². The average Bonchev–Trinajstić information content (AvgIpc) is 2.13. The standard InChI is InChI=1S/C9H13NO4/c1-3-4-6(2)8(12)7(9(13)14)10-5-11/h3,5,7-8,12H,1-2,4H2,(H,10,11)(H,13,14). The molecule has 0 spiro atoms. The summed E-state index contributed by atoms with van der Waals surface area (Å²) < 4.78 is 0. The third-order valence-electron chi connectivity index (χ3n) is 1.65. The first-order valence-corrected chi connectivity index (χ1v) is 3.93. The second-order valence-electron chi connectivity index (χ2n) is 2.70. The average molecular weight is 199 g/mol. The minimum atomic E-state index is -1.36. The van der Waals surface area contributed by atoms with Crippen molar-refractivity contribution < 1.29 is 19.8 Å². The van der Waals surface area contributed by atoms with Gasteiger partial charge in [-0.2, -0.15) is 0 Å². The molecule has 2 atom stereocenters. The Hall–Kier alpha value is -1.62. The van der Waals surface area contributed by atoms with Gasteiger partial charge in [0.25, 0.3) is 0 Å². The number of aliphatic hydroxyl groups is 1. The molecule has 0 aromatic heterocycles. The van der Waals surface area contributed by atoms with Crippen LogP contribution in [0.5, 0.6) is 0 Å². The van der Waals surface area contributed by atoms with Gasteiger partial charge in [0.15, 0.2) is 6.04 Å². The Kier molecular flexibility index (Phi) is 5.24. The molecule has 0 aliphatic rings. The Morgan fingerprint density at radius 1 is 1.57 bits per heavy atom.